The van der Waals surface area contributed by atoms with Crippen LogP contribution in [-0.2, 0) is 6.61 Å². The number of hydrogen-bond donors (Lipinski definition) is 1. The Morgan fingerprint density at radius 1 is 1.07 bits per heavy atom. The van der Waals surface area contributed by atoms with Crippen LogP contribution in [0, 0.1) is 20.8 Å². The SMILES string of the molecule is Cc1ccc(C)c2c(C)cc(CO)nc12. The van der Waals surface area contributed by atoms with Crippen molar-refractivity contribution in [2.75, 3.05) is 0 Å². The van der Waals surface area contributed by atoms with Crippen LogP contribution in [0.2, 0.25) is 0 Å². The van der Waals surface area contributed by atoms with Gasteiger partial charge in [0.05, 0.1) is 17.8 Å². The van der Waals surface area contributed by atoms with Crippen LogP contribution in [0.5, 0.6) is 0 Å². The van der Waals surface area contributed by atoms with Gasteiger partial charge in [-0.05, 0) is 43.5 Å². The minimum absolute atomic E-state index is 0.00413. The highest BCUT2D eigenvalue weighted by Crippen LogP contribution is 2.24. The van der Waals surface area contributed by atoms with Crippen LogP contribution in [0.4, 0.5) is 0 Å². The van der Waals surface area contributed by atoms with E-state index < -0.39 is 0 Å². The molecule has 78 valence electrons. The molecule has 2 aromatic rings. The van der Waals surface area contributed by atoms with Gasteiger partial charge in [-0.1, -0.05) is 12.1 Å². The number of rotatable bonds is 1. The van der Waals surface area contributed by atoms with Gasteiger partial charge >= 0.3 is 0 Å². The summed E-state index contributed by atoms with van der Waals surface area (Å²) in [7, 11) is 0. The first-order valence-corrected chi connectivity index (χ1v) is 5.11. The van der Waals surface area contributed by atoms with Crippen molar-refractivity contribution in [3.8, 4) is 0 Å². The number of aliphatic hydroxyl groups is 1. The first-order chi connectivity index (χ1) is 7.13. The van der Waals surface area contributed by atoms with Gasteiger partial charge in [-0.2, -0.15) is 0 Å². The number of aromatic nitrogens is 1. The van der Waals surface area contributed by atoms with Crippen LogP contribution in [-0.4, -0.2) is 10.1 Å². The second kappa shape index (κ2) is 3.63. The Hall–Kier alpha value is -1.41. The lowest BCUT2D eigenvalue weighted by molar-refractivity contribution is 0.277. The number of hydrogen-bond acceptors (Lipinski definition) is 2. The highest BCUT2D eigenvalue weighted by molar-refractivity contribution is 5.88. The molecule has 0 unspecified atom stereocenters. The van der Waals surface area contributed by atoms with E-state index in [0.29, 0.717) is 0 Å². The van der Waals surface area contributed by atoms with Crippen LogP contribution in [0.25, 0.3) is 10.9 Å². The molecular weight excluding hydrogens is 186 g/mol. The predicted octanol–water partition coefficient (Wildman–Crippen LogP) is 2.65. The number of aliphatic hydroxyl groups excluding tert-OH is 1. The molecule has 0 aliphatic carbocycles. The van der Waals surface area contributed by atoms with Crippen molar-refractivity contribution in [3.63, 3.8) is 0 Å². The first kappa shape index (κ1) is 10.1. The zero-order valence-electron chi connectivity index (χ0n) is 9.33. The topological polar surface area (TPSA) is 33.1 Å². The van der Waals surface area contributed by atoms with Gasteiger partial charge in [0.2, 0.25) is 0 Å². The minimum atomic E-state index is 0.00413. The number of aryl methyl sites for hydroxylation is 3. The summed E-state index contributed by atoms with van der Waals surface area (Å²) in [5, 5.41) is 10.3. The molecule has 1 aromatic heterocycles. The van der Waals surface area contributed by atoms with Crippen LogP contribution < -0.4 is 0 Å². The minimum Gasteiger partial charge on any atom is -0.390 e. The Morgan fingerprint density at radius 3 is 2.40 bits per heavy atom. The van der Waals surface area contributed by atoms with Crippen molar-refractivity contribution in [2.45, 2.75) is 27.4 Å². The molecular formula is C13H15NO. The zero-order valence-corrected chi connectivity index (χ0v) is 9.33. The van der Waals surface area contributed by atoms with Gasteiger partial charge in [-0.3, -0.25) is 4.98 Å². The maximum Gasteiger partial charge on any atom is 0.0853 e. The van der Waals surface area contributed by atoms with E-state index >= 15 is 0 Å². The Kier molecular flexibility index (Phi) is 2.45. The molecule has 2 nitrogen and oxygen atoms in total. The molecule has 0 spiro atoms. The van der Waals surface area contributed by atoms with Crippen molar-refractivity contribution < 1.29 is 5.11 Å². The molecule has 0 saturated carbocycles. The molecule has 2 heteroatoms. The van der Waals surface area contributed by atoms with Crippen molar-refractivity contribution >= 4 is 10.9 Å². The Morgan fingerprint density at radius 2 is 1.73 bits per heavy atom. The van der Waals surface area contributed by atoms with Gasteiger partial charge in [-0.15, -0.1) is 0 Å². The first-order valence-electron chi connectivity index (χ1n) is 5.11. The predicted molar refractivity (Wildman–Crippen MR) is 61.9 cm³/mol. The Bertz CT molecular complexity index is 517. The van der Waals surface area contributed by atoms with Gasteiger partial charge in [0.25, 0.3) is 0 Å². The van der Waals surface area contributed by atoms with Gasteiger partial charge in [0, 0.05) is 5.39 Å². The van der Waals surface area contributed by atoms with E-state index in [1.807, 2.05) is 6.07 Å². The van der Waals surface area contributed by atoms with Gasteiger partial charge in [-0.25, -0.2) is 0 Å². The third-order valence-electron chi connectivity index (χ3n) is 2.78. The van der Waals surface area contributed by atoms with E-state index in [4.69, 9.17) is 5.11 Å². The highest BCUT2D eigenvalue weighted by atomic mass is 16.3. The molecule has 2 rings (SSSR count). The van der Waals surface area contributed by atoms with Crippen LogP contribution >= 0.6 is 0 Å². The summed E-state index contributed by atoms with van der Waals surface area (Å²) in [5.74, 6) is 0. The average molecular weight is 201 g/mol. The second-order valence-electron chi connectivity index (χ2n) is 4.01. The van der Waals surface area contributed by atoms with E-state index in [9.17, 15) is 0 Å². The molecule has 0 atom stereocenters. The average Bonchev–Trinajstić information content (AvgIpc) is 2.23. The quantitative estimate of drug-likeness (QED) is 0.769. The van der Waals surface area contributed by atoms with E-state index in [0.717, 1.165) is 16.8 Å². The smallest absolute Gasteiger partial charge is 0.0853 e. The van der Waals surface area contributed by atoms with Gasteiger partial charge < -0.3 is 5.11 Å². The molecule has 0 aliphatic heterocycles. The lowest BCUT2D eigenvalue weighted by Crippen LogP contribution is -1.95. The summed E-state index contributed by atoms with van der Waals surface area (Å²) in [5.41, 5.74) is 5.34. The molecule has 0 aliphatic rings. The standard InChI is InChI=1S/C13H15NO/c1-8-4-5-9(2)13-12(8)10(3)6-11(7-15)14-13/h4-6,15H,7H2,1-3H3. The summed E-state index contributed by atoms with van der Waals surface area (Å²) in [6.45, 7) is 6.21. The number of pyridine rings is 1. The summed E-state index contributed by atoms with van der Waals surface area (Å²) in [4.78, 5) is 4.46. The van der Waals surface area contributed by atoms with Crippen molar-refractivity contribution in [1.82, 2.24) is 4.98 Å². The maximum absolute atomic E-state index is 9.12. The Labute approximate surface area is 89.6 Å². The lowest BCUT2D eigenvalue weighted by atomic mass is 10.0. The highest BCUT2D eigenvalue weighted by Gasteiger charge is 2.06. The maximum atomic E-state index is 9.12. The van der Waals surface area contributed by atoms with Gasteiger partial charge in [0.15, 0.2) is 0 Å². The fourth-order valence-electron chi connectivity index (χ4n) is 2.02. The number of fused-ring (bicyclic) bond motifs is 1. The van der Waals surface area contributed by atoms with Crippen LogP contribution in [0.3, 0.4) is 0 Å². The molecule has 0 saturated heterocycles. The van der Waals surface area contributed by atoms with Crippen molar-refractivity contribution in [3.05, 3.63) is 40.6 Å². The largest absolute Gasteiger partial charge is 0.390 e. The van der Waals surface area contributed by atoms with E-state index in [1.165, 1.54) is 16.5 Å². The molecule has 0 radical (unpaired) electrons. The fourth-order valence-corrected chi connectivity index (χ4v) is 2.02. The lowest BCUT2D eigenvalue weighted by Gasteiger charge is -2.09. The van der Waals surface area contributed by atoms with Crippen molar-refractivity contribution in [1.29, 1.82) is 0 Å². The van der Waals surface area contributed by atoms with E-state index in [-0.39, 0.29) is 6.61 Å². The molecule has 15 heavy (non-hydrogen) atoms. The molecule has 0 amide bonds. The van der Waals surface area contributed by atoms with E-state index in [1.54, 1.807) is 0 Å². The fraction of sp³-hybridized carbons (Fsp3) is 0.308. The summed E-state index contributed by atoms with van der Waals surface area (Å²) >= 11 is 0. The number of nitrogens with zero attached hydrogens (tertiary/aromatic N) is 1. The third kappa shape index (κ3) is 1.61. The Balaban J connectivity index is 2.90. The van der Waals surface area contributed by atoms with Crippen molar-refractivity contribution in [2.24, 2.45) is 0 Å². The van der Waals surface area contributed by atoms with Gasteiger partial charge in [0.1, 0.15) is 0 Å². The molecule has 1 heterocycles. The van der Waals surface area contributed by atoms with E-state index in [2.05, 4.69) is 37.9 Å². The second-order valence-corrected chi connectivity index (χ2v) is 4.01. The summed E-state index contributed by atoms with van der Waals surface area (Å²) < 4.78 is 0. The van der Waals surface area contributed by atoms with Crippen LogP contribution in [0.15, 0.2) is 18.2 Å². The molecule has 1 N–H and O–H groups in total. The summed E-state index contributed by atoms with van der Waals surface area (Å²) in [6.07, 6.45) is 0. The molecule has 1 aromatic carbocycles. The van der Waals surface area contributed by atoms with Crippen LogP contribution in [0.1, 0.15) is 22.4 Å². The molecule has 0 bridgehead atoms. The third-order valence-corrected chi connectivity index (χ3v) is 2.78. The molecule has 0 fully saturated rings. The normalized spacial score (nSPS) is 10.9. The zero-order chi connectivity index (χ0) is 11.0. The summed E-state index contributed by atoms with van der Waals surface area (Å²) in [6, 6.07) is 6.14. The number of benzene rings is 1. The monoisotopic (exact) mass is 201 g/mol.